The van der Waals surface area contributed by atoms with E-state index in [2.05, 4.69) is 5.32 Å². The molecule has 2 rings (SSSR count). The molecule has 0 aliphatic heterocycles. The molecule has 1 N–H and O–H groups in total. The van der Waals surface area contributed by atoms with Gasteiger partial charge in [0.15, 0.2) is 0 Å². The van der Waals surface area contributed by atoms with Crippen LogP contribution in [0.4, 0.5) is 0 Å². The molecule has 1 heterocycles. The molecule has 4 heteroatoms. The standard InChI is InChI=1S/C13H13Cl2NO/c14-12-4-3-10(8-13(12)15)5-6-16-9-11-2-1-7-17-11/h1-4,7-8,16H,5-6,9H2. The van der Waals surface area contributed by atoms with Crippen LogP contribution in [0.5, 0.6) is 0 Å². The first-order chi connectivity index (χ1) is 8.25. The van der Waals surface area contributed by atoms with Crippen molar-refractivity contribution in [2.75, 3.05) is 6.54 Å². The summed E-state index contributed by atoms with van der Waals surface area (Å²) >= 11 is 11.8. The van der Waals surface area contributed by atoms with Crippen LogP contribution in [-0.2, 0) is 13.0 Å². The SMILES string of the molecule is Clc1ccc(CCNCc2ccco2)cc1Cl. The van der Waals surface area contributed by atoms with E-state index in [1.165, 1.54) is 5.56 Å². The Balaban J connectivity index is 1.76. The Morgan fingerprint density at radius 3 is 2.71 bits per heavy atom. The van der Waals surface area contributed by atoms with E-state index >= 15 is 0 Å². The summed E-state index contributed by atoms with van der Waals surface area (Å²) in [4.78, 5) is 0. The van der Waals surface area contributed by atoms with Gasteiger partial charge in [-0.3, -0.25) is 0 Å². The monoisotopic (exact) mass is 269 g/mol. The first kappa shape index (κ1) is 12.5. The smallest absolute Gasteiger partial charge is 0.117 e. The zero-order valence-electron chi connectivity index (χ0n) is 9.25. The summed E-state index contributed by atoms with van der Waals surface area (Å²) in [5.74, 6) is 0.944. The lowest BCUT2D eigenvalue weighted by Crippen LogP contribution is -2.16. The van der Waals surface area contributed by atoms with E-state index in [1.54, 1.807) is 6.26 Å². The molecule has 0 radical (unpaired) electrons. The van der Waals surface area contributed by atoms with Crippen LogP contribution in [-0.4, -0.2) is 6.54 Å². The molecule has 1 aromatic carbocycles. The Morgan fingerprint density at radius 1 is 1.12 bits per heavy atom. The third kappa shape index (κ3) is 3.77. The summed E-state index contributed by atoms with van der Waals surface area (Å²) in [7, 11) is 0. The molecule has 0 fully saturated rings. The predicted octanol–water partition coefficient (Wildman–Crippen LogP) is 3.92. The van der Waals surface area contributed by atoms with Crippen LogP contribution in [0.1, 0.15) is 11.3 Å². The van der Waals surface area contributed by atoms with E-state index in [0.717, 1.165) is 25.3 Å². The first-order valence-corrected chi connectivity index (χ1v) is 6.18. The van der Waals surface area contributed by atoms with Gasteiger partial charge in [-0.2, -0.15) is 0 Å². The van der Waals surface area contributed by atoms with Crippen LogP contribution >= 0.6 is 23.2 Å². The van der Waals surface area contributed by atoms with Crippen molar-refractivity contribution < 1.29 is 4.42 Å². The molecule has 0 spiro atoms. The van der Waals surface area contributed by atoms with Gasteiger partial charge in [0.1, 0.15) is 5.76 Å². The van der Waals surface area contributed by atoms with Crippen LogP contribution < -0.4 is 5.32 Å². The molecular formula is C13H13Cl2NO. The number of nitrogens with one attached hydrogen (secondary N) is 1. The molecule has 0 atom stereocenters. The highest BCUT2D eigenvalue weighted by Gasteiger charge is 2.00. The Morgan fingerprint density at radius 2 is 2.00 bits per heavy atom. The number of hydrogen-bond donors (Lipinski definition) is 1. The lowest BCUT2D eigenvalue weighted by atomic mass is 10.1. The van der Waals surface area contributed by atoms with Crippen molar-refractivity contribution in [2.24, 2.45) is 0 Å². The number of hydrogen-bond acceptors (Lipinski definition) is 2. The summed E-state index contributed by atoms with van der Waals surface area (Å²) < 4.78 is 5.22. The van der Waals surface area contributed by atoms with E-state index < -0.39 is 0 Å². The maximum absolute atomic E-state index is 5.94. The normalized spacial score (nSPS) is 10.7. The van der Waals surface area contributed by atoms with Gasteiger partial charge in [-0.25, -0.2) is 0 Å². The van der Waals surface area contributed by atoms with Crippen molar-refractivity contribution in [3.8, 4) is 0 Å². The minimum Gasteiger partial charge on any atom is -0.468 e. The molecule has 2 aromatic rings. The molecule has 0 unspecified atom stereocenters. The summed E-state index contributed by atoms with van der Waals surface area (Å²) in [5, 5.41) is 4.50. The highest BCUT2D eigenvalue weighted by Crippen LogP contribution is 2.22. The second-order valence-corrected chi connectivity index (χ2v) is 4.57. The fraction of sp³-hybridized carbons (Fsp3) is 0.231. The summed E-state index contributed by atoms with van der Waals surface area (Å²) in [5.41, 5.74) is 1.17. The third-order valence-corrected chi connectivity index (χ3v) is 3.19. The lowest BCUT2D eigenvalue weighted by molar-refractivity contribution is 0.484. The summed E-state index contributed by atoms with van der Waals surface area (Å²) in [6.45, 7) is 1.62. The molecule has 0 aliphatic rings. The van der Waals surface area contributed by atoms with Crippen LogP contribution in [0.3, 0.4) is 0 Å². The highest BCUT2D eigenvalue weighted by atomic mass is 35.5. The molecule has 0 bridgehead atoms. The van der Waals surface area contributed by atoms with Crippen LogP contribution in [0.25, 0.3) is 0 Å². The lowest BCUT2D eigenvalue weighted by Gasteiger charge is -2.04. The van der Waals surface area contributed by atoms with Gasteiger partial charge >= 0.3 is 0 Å². The minimum atomic E-state index is 0.596. The van der Waals surface area contributed by atoms with E-state index in [4.69, 9.17) is 27.6 Å². The zero-order chi connectivity index (χ0) is 12.1. The van der Waals surface area contributed by atoms with E-state index in [9.17, 15) is 0 Å². The van der Waals surface area contributed by atoms with Crippen molar-refractivity contribution >= 4 is 23.2 Å². The van der Waals surface area contributed by atoms with Crippen molar-refractivity contribution in [1.82, 2.24) is 5.32 Å². The van der Waals surface area contributed by atoms with Crippen LogP contribution in [0.2, 0.25) is 10.0 Å². The largest absolute Gasteiger partial charge is 0.468 e. The van der Waals surface area contributed by atoms with Gasteiger partial charge in [0.2, 0.25) is 0 Å². The Bertz CT molecular complexity index is 468. The molecule has 0 saturated heterocycles. The second kappa shape index (κ2) is 6.10. The second-order valence-electron chi connectivity index (χ2n) is 3.75. The molecule has 0 aliphatic carbocycles. The number of rotatable bonds is 5. The van der Waals surface area contributed by atoms with Crippen LogP contribution in [0.15, 0.2) is 41.0 Å². The van der Waals surface area contributed by atoms with Crippen LogP contribution in [0, 0.1) is 0 Å². The predicted molar refractivity (Wildman–Crippen MR) is 70.6 cm³/mol. The maximum Gasteiger partial charge on any atom is 0.117 e. The minimum absolute atomic E-state index is 0.596. The van der Waals surface area contributed by atoms with E-state index in [0.29, 0.717) is 10.0 Å². The maximum atomic E-state index is 5.94. The van der Waals surface area contributed by atoms with Gasteiger partial charge in [0, 0.05) is 0 Å². The molecule has 1 aromatic heterocycles. The zero-order valence-corrected chi connectivity index (χ0v) is 10.8. The number of benzene rings is 1. The average Bonchev–Trinajstić information content (AvgIpc) is 2.82. The molecule has 0 saturated carbocycles. The summed E-state index contributed by atoms with van der Waals surface area (Å²) in [6, 6.07) is 9.55. The van der Waals surface area contributed by atoms with Gasteiger partial charge in [-0.15, -0.1) is 0 Å². The Hall–Kier alpha value is -0.960. The molecule has 2 nitrogen and oxygen atoms in total. The number of furan rings is 1. The average molecular weight is 270 g/mol. The van der Waals surface area contributed by atoms with Gasteiger partial charge in [0.25, 0.3) is 0 Å². The quantitative estimate of drug-likeness (QED) is 0.833. The Labute approximate surface area is 111 Å². The van der Waals surface area contributed by atoms with Crippen molar-refractivity contribution in [1.29, 1.82) is 0 Å². The number of halogens is 2. The van der Waals surface area contributed by atoms with Crippen molar-refractivity contribution in [3.63, 3.8) is 0 Å². The van der Waals surface area contributed by atoms with E-state index in [1.807, 2.05) is 30.3 Å². The fourth-order valence-corrected chi connectivity index (χ4v) is 1.87. The molecule has 17 heavy (non-hydrogen) atoms. The van der Waals surface area contributed by atoms with Crippen molar-refractivity contribution in [2.45, 2.75) is 13.0 Å². The van der Waals surface area contributed by atoms with Gasteiger partial charge in [-0.05, 0) is 42.8 Å². The molecule has 90 valence electrons. The van der Waals surface area contributed by atoms with Gasteiger partial charge < -0.3 is 9.73 Å². The van der Waals surface area contributed by atoms with Crippen molar-refractivity contribution in [3.05, 3.63) is 58.0 Å². The first-order valence-electron chi connectivity index (χ1n) is 5.43. The highest BCUT2D eigenvalue weighted by molar-refractivity contribution is 6.42. The topological polar surface area (TPSA) is 25.2 Å². The third-order valence-electron chi connectivity index (χ3n) is 2.45. The molecule has 0 amide bonds. The molecular weight excluding hydrogens is 257 g/mol. The fourth-order valence-electron chi connectivity index (χ4n) is 1.55. The summed E-state index contributed by atoms with van der Waals surface area (Å²) in [6.07, 6.45) is 2.59. The van der Waals surface area contributed by atoms with E-state index in [-0.39, 0.29) is 0 Å². The van der Waals surface area contributed by atoms with Gasteiger partial charge in [0.05, 0.1) is 22.9 Å². The Kier molecular flexibility index (Phi) is 4.49. The van der Waals surface area contributed by atoms with Gasteiger partial charge in [-0.1, -0.05) is 29.3 Å².